The molecule has 0 saturated heterocycles. The predicted molar refractivity (Wildman–Crippen MR) is 92.2 cm³/mol. The number of hydrogen-bond acceptors (Lipinski definition) is 5. The highest BCUT2D eigenvalue weighted by Gasteiger charge is 2.15. The first kappa shape index (κ1) is 18.4. The first-order chi connectivity index (χ1) is 12.2. The molecule has 0 aliphatic carbocycles. The van der Waals surface area contributed by atoms with Crippen molar-refractivity contribution in [1.82, 2.24) is 4.90 Å². The summed E-state index contributed by atoms with van der Waals surface area (Å²) >= 11 is 0. The van der Waals surface area contributed by atoms with Crippen LogP contribution in [0.25, 0.3) is 0 Å². The van der Waals surface area contributed by atoms with E-state index in [-0.39, 0.29) is 5.91 Å². The minimum absolute atomic E-state index is 0.0200. The van der Waals surface area contributed by atoms with Crippen molar-refractivity contribution >= 4 is 5.91 Å². The standard InChI is InChI=1S/C19H22N2O4/c1-23-17-11-15(12-18(13-17)24-2)6-7-19(22)21(9-4-8-20)14-16-5-3-10-25-16/h3,5,10-13H,4,6-7,9,14H2,1-2H3. The van der Waals surface area contributed by atoms with Gasteiger partial charge in [-0.25, -0.2) is 0 Å². The summed E-state index contributed by atoms with van der Waals surface area (Å²) in [5.74, 6) is 2.07. The SMILES string of the molecule is COc1cc(CCC(=O)N(CCC#N)Cc2ccco2)cc(OC)c1. The number of hydrogen-bond donors (Lipinski definition) is 0. The topological polar surface area (TPSA) is 75.7 Å². The summed E-state index contributed by atoms with van der Waals surface area (Å²) < 4.78 is 15.8. The van der Waals surface area contributed by atoms with Crippen LogP contribution in [0.3, 0.4) is 0 Å². The molecule has 0 bridgehead atoms. The molecule has 2 rings (SSSR count). The number of aryl methyl sites for hydroxylation is 1. The molecule has 0 radical (unpaired) electrons. The lowest BCUT2D eigenvalue weighted by molar-refractivity contribution is -0.132. The van der Waals surface area contributed by atoms with E-state index in [9.17, 15) is 4.79 Å². The van der Waals surface area contributed by atoms with Crippen LogP contribution in [0.4, 0.5) is 0 Å². The fourth-order valence-electron chi connectivity index (χ4n) is 2.49. The number of amides is 1. The molecule has 1 aromatic carbocycles. The molecule has 6 heteroatoms. The van der Waals surface area contributed by atoms with Gasteiger partial charge in [0.25, 0.3) is 0 Å². The lowest BCUT2D eigenvalue weighted by Gasteiger charge is -2.20. The van der Waals surface area contributed by atoms with Crippen molar-refractivity contribution in [2.45, 2.75) is 25.8 Å². The third-order valence-corrected chi connectivity index (χ3v) is 3.81. The Morgan fingerprint density at radius 3 is 2.52 bits per heavy atom. The third-order valence-electron chi connectivity index (χ3n) is 3.81. The zero-order valence-corrected chi connectivity index (χ0v) is 14.5. The molecule has 1 heterocycles. The third kappa shape index (κ3) is 5.57. The van der Waals surface area contributed by atoms with Gasteiger partial charge >= 0.3 is 0 Å². The number of furan rings is 1. The van der Waals surface area contributed by atoms with Gasteiger partial charge in [-0.05, 0) is 36.2 Å². The molecule has 2 aromatic rings. The van der Waals surface area contributed by atoms with Crippen LogP contribution in [0.1, 0.15) is 24.2 Å². The summed E-state index contributed by atoms with van der Waals surface area (Å²) in [5, 5.41) is 8.81. The van der Waals surface area contributed by atoms with Crippen molar-refractivity contribution in [2.24, 2.45) is 0 Å². The molecule has 0 unspecified atom stereocenters. The molecule has 0 atom stereocenters. The second kappa shape index (κ2) is 9.38. The smallest absolute Gasteiger partial charge is 0.223 e. The van der Waals surface area contributed by atoms with Crippen LogP contribution in [-0.4, -0.2) is 31.6 Å². The highest BCUT2D eigenvalue weighted by molar-refractivity contribution is 5.76. The first-order valence-electron chi connectivity index (χ1n) is 8.05. The molecule has 0 fully saturated rings. The lowest BCUT2D eigenvalue weighted by Crippen LogP contribution is -2.31. The zero-order valence-electron chi connectivity index (χ0n) is 14.5. The van der Waals surface area contributed by atoms with E-state index in [1.165, 1.54) is 0 Å². The van der Waals surface area contributed by atoms with Crippen LogP contribution in [0.15, 0.2) is 41.0 Å². The Kier molecular flexibility index (Phi) is 6.90. The number of nitrogens with zero attached hydrogens (tertiary/aromatic N) is 2. The van der Waals surface area contributed by atoms with Crippen LogP contribution < -0.4 is 9.47 Å². The molecular formula is C19H22N2O4. The maximum Gasteiger partial charge on any atom is 0.223 e. The van der Waals surface area contributed by atoms with Crippen LogP contribution >= 0.6 is 0 Å². The summed E-state index contributed by atoms with van der Waals surface area (Å²) in [6.45, 7) is 0.756. The van der Waals surface area contributed by atoms with E-state index < -0.39 is 0 Å². The molecule has 0 N–H and O–H groups in total. The summed E-state index contributed by atoms with van der Waals surface area (Å²) in [6, 6.07) is 11.3. The fraction of sp³-hybridized carbons (Fsp3) is 0.368. The maximum atomic E-state index is 12.6. The molecule has 132 valence electrons. The highest BCUT2D eigenvalue weighted by atomic mass is 16.5. The second-order valence-corrected chi connectivity index (χ2v) is 5.52. The van der Waals surface area contributed by atoms with Gasteiger partial charge in [-0.1, -0.05) is 0 Å². The Bertz CT molecular complexity index is 697. The van der Waals surface area contributed by atoms with Crippen molar-refractivity contribution < 1.29 is 18.7 Å². The van der Waals surface area contributed by atoms with Gasteiger partial charge in [-0.15, -0.1) is 0 Å². The summed E-state index contributed by atoms with van der Waals surface area (Å²) in [7, 11) is 3.19. The Morgan fingerprint density at radius 1 is 1.24 bits per heavy atom. The van der Waals surface area contributed by atoms with Crippen LogP contribution in [-0.2, 0) is 17.8 Å². The highest BCUT2D eigenvalue weighted by Crippen LogP contribution is 2.23. The Balaban J connectivity index is 2.01. The van der Waals surface area contributed by atoms with E-state index in [1.807, 2.05) is 18.2 Å². The largest absolute Gasteiger partial charge is 0.497 e. The van der Waals surface area contributed by atoms with E-state index in [1.54, 1.807) is 37.5 Å². The van der Waals surface area contributed by atoms with Crippen molar-refractivity contribution in [1.29, 1.82) is 5.26 Å². The minimum atomic E-state index is -0.0200. The van der Waals surface area contributed by atoms with Gasteiger partial charge in [0, 0.05) is 19.0 Å². The van der Waals surface area contributed by atoms with Gasteiger partial charge in [0.05, 0.1) is 39.5 Å². The predicted octanol–water partition coefficient (Wildman–Crippen LogP) is 3.17. The van der Waals surface area contributed by atoms with Gasteiger partial charge in [0.2, 0.25) is 5.91 Å². The Hall–Kier alpha value is -2.94. The number of nitriles is 1. The summed E-state index contributed by atoms with van der Waals surface area (Å²) in [6.07, 6.45) is 2.76. The van der Waals surface area contributed by atoms with Crippen molar-refractivity contribution in [3.8, 4) is 17.6 Å². The zero-order chi connectivity index (χ0) is 18.1. The van der Waals surface area contributed by atoms with E-state index in [0.29, 0.717) is 49.6 Å². The average molecular weight is 342 g/mol. The molecular weight excluding hydrogens is 320 g/mol. The maximum absolute atomic E-state index is 12.6. The minimum Gasteiger partial charge on any atom is -0.497 e. The van der Waals surface area contributed by atoms with Crippen molar-refractivity contribution in [3.63, 3.8) is 0 Å². The quantitative estimate of drug-likeness (QED) is 0.699. The Morgan fingerprint density at radius 2 is 1.96 bits per heavy atom. The van der Waals surface area contributed by atoms with Crippen LogP contribution in [0, 0.1) is 11.3 Å². The summed E-state index contributed by atoms with van der Waals surface area (Å²) in [5.41, 5.74) is 0.961. The molecule has 0 aliphatic heterocycles. The van der Waals surface area contributed by atoms with Crippen LogP contribution in [0.2, 0.25) is 0 Å². The first-order valence-corrected chi connectivity index (χ1v) is 8.05. The number of methoxy groups -OCH3 is 2. The van der Waals surface area contributed by atoms with Gasteiger partial charge < -0.3 is 18.8 Å². The molecule has 0 saturated carbocycles. The molecule has 1 aromatic heterocycles. The van der Waals surface area contributed by atoms with E-state index in [2.05, 4.69) is 6.07 Å². The number of ether oxygens (including phenoxy) is 2. The Labute approximate surface area is 147 Å². The number of benzene rings is 1. The second-order valence-electron chi connectivity index (χ2n) is 5.52. The summed E-state index contributed by atoms with van der Waals surface area (Å²) in [4.78, 5) is 14.2. The van der Waals surface area contributed by atoms with Gasteiger partial charge in [0.15, 0.2) is 0 Å². The molecule has 1 amide bonds. The fourth-order valence-corrected chi connectivity index (χ4v) is 2.49. The number of carbonyl (C=O) groups excluding carboxylic acids is 1. The van der Waals surface area contributed by atoms with Crippen molar-refractivity contribution in [3.05, 3.63) is 47.9 Å². The van der Waals surface area contributed by atoms with E-state index in [4.69, 9.17) is 19.2 Å². The molecule has 25 heavy (non-hydrogen) atoms. The average Bonchev–Trinajstić information content (AvgIpc) is 3.15. The van der Waals surface area contributed by atoms with Crippen LogP contribution in [0.5, 0.6) is 11.5 Å². The molecule has 0 aliphatic rings. The van der Waals surface area contributed by atoms with Gasteiger partial charge in [0.1, 0.15) is 17.3 Å². The number of carbonyl (C=O) groups is 1. The monoisotopic (exact) mass is 342 g/mol. The number of rotatable bonds is 9. The molecule has 6 nitrogen and oxygen atoms in total. The van der Waals surface area contributed by atoms with E-state index in [0.717, 1.165) is 5.56 Å². The molecule has 0 spiro atoms. The van der Waals surface area contributed by atoms with E-state index >= 15 is 0 Å². The normalized spacial score (nSPS) is 10.1. The van der Waals surface area contributed by atoms with Gasteiger partial charge in [-0.3, -0.25) is 4.79 Å². The van der Waals surface area contributed by atoms with Gasteiger partial charge in [-0.2, -0.15) is 5.26 Å². The van der Waals surface area contributed by atoms with Crippen molar-refractivity contribution in [2.75, 3.05) is 20.8 Å². The lowest BCUT2D eigenvalue weighted by atomic mass is 10.1.